The third-order valence-corrected chi connectivity index (χ3v) is 3.44. The molecule has 0 aliphatic heterocycles. The van der Waals surface area contributed by atoms with Crippen LogP contribution < -0.4 is 11.1 Å². The number of carbonyl (C=O) groups excluding carboxylic acids is 1. The average Bonchev–Trinajstić information content (AvgIpc) is 3.04. The second-order valence-corrected chi connectivity index (χ2v) is 4.91. The Morgan fingerprint density at radius 2 is 2.32 bits per heavy atom. The van der Waals surface area contributed by atoms with Crippen LogP contribution in [-0.4, -0.2) is 15.9 Å². The van der Waals surface area contributed by atoms with Gasteiger partial charge in [0.2, 0.25) is 0 Å². The molecule has 3 rings (SSSR count). The molecule has 2 heterocycles. The Balaban J connectivity index is 1.77. The van der Waals surface area contributed by atoms with Gasteiger partial charge in [-0.05, 0) is 24.3 Å². The SMILES string of the molecule is Nc1ccc2[nH]c(C(=O)NCc3cscn3)cc2c1. The lowest BCUT2D eigenvalue weighted by Crippen LogP contribution is -2.23. The van der Waals surface area contributed by atoms with Gasteiger partial charge >= 0.3 is 0 Å². The fourth-order valence-corrected chi connectivity index (χ4v) is 2.42. The molecular weight excluding hydrogens is 260 g/mol. The van der Waals surface area contributed by atoms with Crippen LogP contribution in [0.25, 0.3) is 10.9 Å². The molecule has 0 spiro atoms. The van der Waals surface area contributed by atoms with Gasteiger partial charge in [-0.2, -0.15) is 0 Å². The molecule has 96 valence electrons. The molecule has 0 atom stereocenters. The zero-order chi connectivity index (χ0) is 13.2. The number of nitrogens with two attached hydrogens (primary N) is 1. The molecule has 0 unspecified atom stereocenters. The number of benzene rings is 1. The Morgan fingerprint density at radius 1 is 1.42 bits per heavy atom. The number of nitrogens with one attached hydrogen (secondary N) is 2. The van der Waals surface area contributed by atoms with E-state index in [2.05, 4.69) is 15.3 Å². The van der Waals surface area contributed by atoms with Crippen LogP contribution in [0.1, 0.15) is 16.2 Å². The highest BCUT2D eigenvalue weighted by Gasteiger charge is 2.09. The average molecular weight is 272 g/mol. The zero-order valence-electron chi connectivity index (χ0n) is 10.0. The number of hydrogen-bond acceptors (Lipinski definition) is 4. The van der Waals surface area contributed by atoms with E-state index in [0.29, 0.717) is 17.9 Å². The van der Waals surface area contributed by atoms with Gasteiger partial charge in [-0.1, -0.05) is 0 Å². The first-order valence-electron chi connectivity index (χ1n) is 5.76. The Hall–Kier alpha value is -2.34. The van der Waals surface area contributed by atoms with Crippen molar-refractivity contribution in [1.82, 2.24) is 15.3 Å². The van der Waals surface area contributed by atoms with Crippen LogP contribution in [0.2, 0.25) is 0 Å². The summed E-state index contributed by atoms with van der Waals surface area (Å²) in [6.45, 7) is 0.430. The summed E-state index contributed by atoms with van der Waals surface area (Å²) in [5.41, 5.74) is 10.4. The van der Waals surface area contributed by atoms with Gasteiger partial charge in [-0.25, -0.2) is 4.98 Å². The Labute approximate surface area is 113 Å². The van der Waals surface area contributed by atoms with Gasteiger partial charge in [0.05, 0.1) is 17.7 Å². The van der Waals surface area contributed by atoms with Gasteiger partial charge in [0.25, 0.3) is 5.91 Å². The van der Waals surface area contributed by atoms with Crippen molar-refractivity contribution >= 4 is 33.8 Å². The number of rotatable bonds is 3. The number of H-pyrrole nitrogens is 1. The van der Waals surface area contributed by atoms with Gasteiger partial charge in [0.1, 0.15) is 5.69 Å². The second-order valence-electron chi connectivity index (χ2n) is 4.19. The lowest BCUT2D eigenvalue weighted by atomic mass is 10.2. The van der Waals surface area contributed by atoms with Crippen LogP contribution in [0.4, 0.5) is 5.69 Å². The fourth-order valence-electron chi connectivity index (χ4n) is 1.86. The van der Waals surface area contributed by atoms with Crippen LogP contribution in [0.15, 0.2) is 35.2 Å². The maximum absolute atomic E-state index is 12.0. The minimum atomic E-state index is -0.150. The number of carbonyl (C=O) groups is 1. The van der Waals surface area contributed by atoms with Crippen LogP contribution in [0.5, 0.6) is 0 Å². The largest absolute Gasteiger partial charge is 0.399 e. The third-order valence-electron chi connectivity index (χ3n) is 2.80. The number of nitrogen functional groups attached to an aromatic ring is 1. The van der Waals surface area contributed by atoms with Crippen molar-refractivity contribution in [3.63, 3.8) is 0 Å². The van der Waals surface area contributed by atoms with Crippen molar-refractivity contribution in [2.45, 2.75) is 6.54 Å². The minimum absolute atomic E-state index is 0.150. The molecule has 4 N–H and O–H groups in total. The minimum Gasteiger partial charge on any atom is -0.399 e. The number of aromatic amines is 1. The highest BCUT2D eigenvalue weighted by atomic mass is 32.1. The molecule has 0 aliphatic carbocycles. The van der Waals surface area contributed by atoms with E-state index in [1.807, 2.05) is 17.5 Å². The van der Waals surface area contributed by atoms with Crippen LogP contribution in [-0.2, 0) is 6.54 Å². The molecule has 0 fully saturated rings. The molecular formula is C13H12N4OS. The Bertz CT molecular complexity index is 717. The molecule has 0 bridgehead atoms. The van der Waals surface area contributed by atoms with E-state index in [-0.39, 0.29) is 5.91 Å². The van der Waals surface area contributed by atoms with Crippen molar-refractivity contribution in [2.75, 3.05) is 5.73 Å². The number of thiazole rings is 1. The van der Waals surface area contributed by atoms with Gasteiger partial charge in [0.15, 0.2) is 0 Å². The normalized spacial score (nSPS) is 10.7. The summed E-state index contributed by atoms with van der Waals surface area (Å²) in [5.74, 6) is -0.150. The lowest BCUT2D eigenvalue weighted by molar-refractivity contribution is 0.0946. The molecule has 1 aromatic carbocycles. The van der Waals surface area contributed by atoms with Crippen molar-refractivity contribution in [1.29, 1.82) is 0 Å². The smallest absolute Gasteiger partial charge is 0.268 e. The van der Waals surface area contributed by atoms with Gasteiger partial charge in [0, 0.05) is 22.0 Å². The Kier molecular flexibility index (Phi) is 2.92. The first-order chi connectivity index (χ1) is 9.22. The van der Waals surface area contributed by atoms with Crippen LogP contribution in [0.3, 0.4) is 0 Å². The molecule has 5 nitrogen and oxygen atoms in total. The molecule has 0 saturated heterocycles. The predicted molar refractivity (Wildman–Crippen MR) is 76.0 cm³/mol. The summed E-state index contributed by atoms with van der Waals surface area (Å²) in [6.07, 6.45) is 0. The number of nitrogens with zero attached hydrogens (tertiary/aromatic N) is 1. The number of hydrogen-bond donors (Lipinski definition) is 3. The number of aromatic nitrogens is 2. The van der Waals surface area contributed by atoms with E-state index >= 15 is 0 Å². The molecule has 6 heteroatoms. The monoisotopic (exact) mass is 272 g/mol. The van der Waals surface area contributed by atoms with E-state index in [1.54, 1.807) is 17.6 Å². The summed E-state index contributed by atoms with van der Waals surface area (Å²) in [5, 5.41) is 5.66. The van der Waals surface area contributed by atoms with E-state index in [0.717, 1.165) is 16.6 Å². The summed E-state index contributed by atoms with van der Waals surface area (Å²) in [4.78, 5) is 19.2. The number of amides is 1. The highest BCUT2D eigenvalue weighted by molar-refractivity contribution is 7.07. The molecule has 3 aromatic rings. The lowest BCUT2D eigenvalue weighted by Gasteiger charge is -2.00. The Morgan fingerprint density at radius 3 is 3.11 bits per heavy atom. The van der Waals surface area contributed by atoms with Crippen molar-refractivity contribution in [3.8, 4) is 0 Å². The first kappa shape index (κ1) is 11.7. The summed E-state index contributed by atoms with van der Waals surface area (Å²) in [6, 6.07) is 7.29. The van der Waals surface area contributed by atoms with Crippen LogP contribution in [0, 0.1) is 0 Å². The summed E-state index contributed by atoms with van der Waals surface area (Å²) >= 11 is 1.51. The van der Waals surface area contributed by atoms with Crippen LogP contribution >= 0.6 is 11.3 Å². The van der Waals surface area contributed by atoms with Gasteiger partial charge in [-0.15, -0.1) is 11.3 Å². The van der Waals surface area contributed by atoms with E-state index in [4.69, 9.17) is 5.73 Å². The maximum atomic E-state index is 12.0. The number of anilines is 1. The molecule has 0 aliphatic rings. The first-order valence-corrected chi connectivity index (χ1v) is 6.70. The molecule has 0 radical (unpaired) electrons. The topological polar surface area (TPSA) is 83.8 Å². The maximum Gasteiger partial charge on any atom is 0.268 e. The summed E-state index contributed by atoms with van der Waals surface area (Å²) in [7, 11) is 0. The van der Waals surface area contributed by atoms with Gasteiger partial charge < -0.3 is 16.0 Å². The fraction of sp³-hybridized carbons (Fsp3) is 0.0769. The third kappa shape index (κ3) is 2.43. The predicted octanol–water partition coefficient (Wildman–Crippen LogP) is 2.14. The standard InChI is InChI=1S/C13H12N4OS/c14-9-1-2-11-8(3-9)4-12(17-11)13(18)15-5-10-6-19-7-16-10/h1-4,6-7,17H,5,14H2,(H,15,18). The summed E-state index contributed by atoms with van der Waals surface area (Å²) < 4.78 is 0. The molecule has 19 heavy (non-hydrogen) atoms. The van der Waals surface area contributed by atoms with E-state index in [9.17, 15) is 4.79 Å². The molecule has 2 aromatic heterocycles. The quantitative estimate of drug-likeness (QED) is 0.639. The highest BCUT2D eigenvalue weighted by Crippen LogP contribution is 2.18. The second kappa shape index (κ2) is 4.74. The van der Waals surface area contributed by atoms with Gasteiger partial charge in [-0.3, -0.25) is 4.79 Å². The van der Waals surface area contributed by atoms with E-state index < -0.39 is 0 Å². The van der Waals surface area contributed by atoms with E-state index in [1.165, 1.54) is 11.3 Å². The van der Waals surface area contributed by atoms with Crippen molar-refractivity contribution < 1.29 is 4.79 Å². The number of fused-ring (bicyclic) bond motifs is 1. The van der Waals surface area contributed by atoms with Crippen molar-refractivity contribution in [3.05, 3.63) is 46.5 Å². The zero-order valence-corrected chi connectivity index (χ0v) is 10.8. The van der Waals surface area contributed by atoms with Crippen molar-refractivity contribution in [2.24, 2.45) is 0 Å². The molecule has 1 amide bonds. The molecule has 0 saturated carbocycles.